The number of carbonyl (C=O) groups excluding carboxylic acids is 2. The van der Waals surface area contributed by atoms with Crippen molar-refractivity contribution in [1.29, 1.82) is 0 Å². The molecule has 0 aromatic heterocycles. The van der Waals surface area contributed by atoms with E-state index in [-0.39, 0.29) is 24.2 Å². The summed E-state index contributed by atoms with van der Waals surface area (Å²) >= 11 is 6.02. The summed E-state index contributed by atoms with van der Waals surface area (Å²) in [5.41, 5.74) is 3.62. The zero-order chi connectivity index (χ0) is 22.4. The quantitative estimate of drug-likeness (QED) is 0.537. The summed E-state index contributed by atoms with van der Waals surface area (Å²) in [5, 5.41) is 6.24. The molecule has 0 atom stereocenters. The lowest BCUT2D eigenvalue weighted by Gasteiger charge is -2.16. The number of nitrogens with zero attached hydrogens (tertiary/aromatic N) is 1. The first kappa shape index (κ1) is 22.5. The lowest BCUT2D eigenvalue weighted by Crippen LogP contribution is -2.29. The Morgan fingerprint density at radius 3 is 2.23 bits per heavy atom. The Hall–Kier alpha value is -3.22. The second-order valence-corrected chi connectivity index (χ2v) is 7.75. The van der Waals surface area contributed by atoms with Gasteiger partial charge in [-0.15, -0.1) is 0 Å². The van der Waals surface area contributed by atoms with Crippen LogP contribution in [-0.4, -0.2) is 30.3 Å². The molecule has 2 amide bonds. The third kappa shape index (κ3) is 6.64. The second kappa shape index (κ2) is 10.2. The van der Waals surface area contributed by atoms with Gasteiger partial charge in [0.2, 0.25) is 5.91 Å². The molecule has 0 heterocycles. The molecule has 0 fully saturated rings. The minimum absolute atomic E-state index is 0.176. The van der Waals surface area contributed by atoms with Crippen LogP contribution in [0.15, 0.2) is 66.7 Å². The molecule has 3 rings (SSSR count). The van der Waals surface area contributed by atoms with Crippen molar-refractivity contribution in [2.45, 2.75) is 13.5 Å². The SMILES string of the molecule is Cc1cc(NC(=O)c2ccc(CN(C)CC(=O)Nc3ccc(F)cc3)cc2)ccc1Cl. The van der Waals surface area contributed by atoms with Gasteiger partial charge in [-0.05, 0) is 79.7 Å². The molecule has 5 nitrogen and oxygen atoms in total. The number of amides is 2. The Labute approximate surface area is 185 Å². The monoisotopic (exact) mass is 439 g/mol. The lowest BCUT2D eigenvalue weighted by atomic mass is 10.1. The van der Waals surface area contributed by atoms with E-state index >= 15 is 0 Å². The van der Waals surface area contributed by atoms with Crippen molar-refractivity contribution in [3.63, 3.8) is 0 Å². The fourth-order valence-electron chi connectivity index (χ4n) is 3.03. The Morgan fingerprint density at radius 1 is 0.935 bits per heavy atom. The van der Waals surface area contributed by atoms with Crippen molar-refractivity contribution < 1.29 is 14.0 Å². The van der Waals surface area contributed by atoms with Crippen LogP contribution in [-0.2, 0) is 11.3 Å². The van der Waals surface area contributed by atoms with Gasteiger partial charge in [0.05, 0.1) is 6.54 Å². The van der Waals surface area contributed by atoms with Gasteiger partial charge < -0.3 is 10.6 Å². The number of anilines is 2. The van der Waals surface area contributed by atoms with Gasteiger partial charge in [-0.1, -0.05) is 23.7 Å². The van der Waals surface area contributed by atoms with Crippen LogP contribution in [0.2, 0.25) is 5.02 Å². The van der Waals surface area contributed by atoms with Crippen LogP contribution in [0.5, 0.6) is 0 Å². The smallest absolute Gasteiger partial charge is 0.255 e. The molecule has 0 aliphatic rings. The summed E-state index contributed by atoms with van der Waals surface area (Å²) in [6.45, 7) is 2.59. The molecule has 3 aromatic carbocycles. The molecule has 0 saturated heterocycles. The van der Waals surface area contributed by atoms with Crippen molar-refractivity contribution in [3.8, 4) is 0 Å². The maximum absolute atomic E-state index is 12.9. The molecule has 31 heavy (non-hydrogen) atoms. The molecule has 0 aliphatic carbocycles. The van der Waals surface area contributed by atoms with Gasteiger partial charge in [-0.2, -0.15) is 0 Å². The second-order valence-electron chi connectivity index (χ2n) is 7.34. The molecule has 0 aliphatic heterocycles. The van der Waals surface area contributed by atoms with Crippen LogP contribution in [0.1, 0.15) is 21.5 Å². The molecule has 3 aromatic rings. The van der Waals surface area contributed by atoms with E-state index in [9.17, 15) is 14.0 Å². The maximum Gasteiger partial charge on any atom is 0.255 e. The predicted octanol–water partition coefficient (Wildman–Crippen LogP) is 5.11. The number of likely N-dealkylation sites (N-methyl/N-ethyl adjacent to an activating group) is 1. The van der Waals surface area contributed by atoms with Crippen LogP contribution in [0.4, 0.5) is 15.8 Å². The van der Waals surface area contributed by atoms with Gasteiger partial charge >= 0.3 is 0 Å². The third-order valence-electron chi connectivity index (χ3n) is 4.63. The molecule has 0 saturated carbocycles. The summed E-state index contributed by atoms with van der Waals surface area (Å²) in [5.74, 6) is -0.751. The average Bonchev–Trinajstić information content (AvgIpc) is 2.73. The zero-order valence-electron chi connectivity index (χ0n) is 17.3. The van der Waals surface area contributed by atoms with Crippen LogP contribution in [0.3, 0.4) is 0 Å². The van der Waals surface area contributed by atoms with Gasteiger partial charge in [-0.25, -0.2) is 4.39 Å². The summed E-state index contributed by atoms with van der Waals surface area (Å²) < 4.78 is 12.9. The van der Waals surface area contributed by atoms with Crippen molar-refractivity contribution in [2.75, 3.05) is 24.2 Å². The topological polar surface area (TPSA) is 61.4 Å². The number of rotatable bonds is 7. The molecule has 0 bridgehead atoms. The highest BCUT2D eigenvalue weighted by atomic mass is 35.5. The largest absolute Gasteiger partial charge is 0.325 e. The molecule has 0 spiro atoms. The minimum Gasteiger partial charge on any atom is -0.325 e. The van der Waals surface area contributed by atoms with Gasteiger partial charge in [-0.3, -0.25) is 14.5 Å². The highest BCUT2D eigenvalue weighted by Gasteiger charge is 2.10. The third-order valence-corrected chi connectivity index (χ3v) is 5.05. The number of hydrogen-bond acceptors (Lipinski definition) is 3. The average molecular weight is 440 g/mol. The van der Waals surface area contributed by atoms with E-state index in [1.54, 1.807) is 24.3 Å². The van der Waals surface area contributed by atoms with Crippen molar-refractivity contribution in [2.24, 2.45) is 0 Å². The predicted molar refractivity (Wildman–Crippen MR) is 122 cm³/mol. The van der Waals surface area contributed by atoms with Crippen LogP contribution in [0, 0.1) is 12.7 Å². The maximum atomic E-state index is 12.9. The summed E-state index contributed by atoms with van der Waals surface area (Å²) in [4.78, 5) is 26.5. The Balaban J connectivity index is 1.51. The molecule has 160 valence electrons. The van der Waals surface area contributed by atoms with E-state index in [1.807, 2.05) is 37.1 Å². The number of halogens is 2. The first-order valence-electron chi connectivity index (χ1n) is 9.70. The summed E-state index contributed by atoms with van der Waals surface area (Å²) in [6, 6.07) is 18.2. The molecule has 2 N–H and O–H groups in total. The highest BCUT2D eigenvalue weighted by molar-refractivity contribution is 6.31. The Morgan fingerprint density at radius 2 is 1.58 bits per heavy atom. The number of carbonyl (C=O) groups is 2. The first-order chi connectivity index (χ1) is 14.8. The van der Waals surface area contributed by atoms with Crippen LogP contribution in [0.25, 0.3) is 0 Å². The first-order valence-corrected chi connectivity index (χ1v) is 10.1. The normalized spacial score (nSPS) is 10.7. The van der Waals surface area contributed by atoms with E-state index in [1.165, 1.54) is 24.3 Å². The van der Waals surface area contributed by atoms with Gasteiger partial charge in [0.1, 0.15) is 5.82 Å². The Bertz CT molecular complexity index is 1070. The Kier molecular flexibility index (Phi) is 7.39. The van der Waals surface area contributed by atoms with Crippen molar-refractivity contribution in [1.82, 2.24) is 4.90 Å². The van der Waals surface area contributed by atoms with Crippen molar-refractivity contribution in [3.05, 3.63) is 94.3 Å². The van der Waals surface area contributed by atoms with Gasteiger partial charge in [0, 0.05) is 28.5 Å². The van der Waals surface area contributed by atoms with Gasteiger partial charge in [0.15, 0.2) is 0 Å². The lowest BCUT2D eigenvalue weighted by molar-refractivity contribution is -0.117. The molecule has 7 heteroatoms. The van der Waals surface area contributed by atoms with Crippen molar-refractivity contribution >= 4 is 34.8 Å². The molecule has 0 radical (unpaired) electrons. The van der Waals surface area contributed by atoms with Gasteiger partial charge in [0.25, 0.3) is 5.91 Å². The number of aryl methyl sites for hydroxylation is 1. The number of nitrogens with one attached hydrogen (secondary N) is 2. The fraction of sp³-hybridized carbons (Fsp3) is 0.167. The summed E-state index contributed by atoms with van der Waals surface area (Å²) in [6.07, 6.45) is 0. The molecular weight excluding hydrogens is 417 g/mol. The number of hydrogen-bond donors (Lipinski definition) is 2. The van der Waals surface area contributed by atoms with E-state index in [0.717, 1.165) is 11.1 Å². The highest BCUT2D eigenvalue weighted by Crippen LogP contribution is 2.20. The fourth-order valence-corrected chi connectivity index (χ4v) is 3.15. The van der Waals surface area contributed by atoms with Crippen LogP contribution >= 0.6 is 11.6 Å². The molecule has 0 unspecified atom stereocenters. The number of benzene rings is 3. The van der Waals surface area contributed by atoms with Crippen LogP contribution < -0.4 is 10.6 Å². The van der Waals surface area contributed by atoms with E-state index in [0.29, 0.717) is 28.5 Å². The van der Waals surface area contributed by atoms with E-state index in [4.69, 9.17) is 11.6 Å². The molecular formula is C24H23ClFN3O2. The zero-order valence-corrected chi connectivity index (χ0v) is 18.0. The van der Waals surface area contributed by atoms with E-state index < -0.39 is 0 Å². The standard InChI is InChI=1S/C24H23ClFN3O2/c1-16-13-21(11-12-22(16)25)28-24(31)18-5-3-17(4-6-18)14-29(2)15-23(30)27-20-9-7-19(26)8-10-20/h3-13H,14-15H2,1-2H3,(H,27,30)(H,28,31). The minimum atomic E-state index is -0.351. The summed E-state index contributed by atoms with van der Waals surface area (Å²) in [7, 11) is 1.83. The van der Waals surface area contributed by atoms with E-state index in [2.05, 4.69) is 10.6 Å².